The molecule has 0 spiro atoms. The van der Waals surface area contributed by atoms with E-state index in [0.29, 0.717) is 11.5 Å². The number of aromatic carboxylic acids is 1. The molecule has 9 heteroatoms. The zero-order valence-electron chi connectivity index (χ0n) is 11.3. The zero-order valence-corrected chi connectivity index (χ0v) is 12.1. The second-order valence-electron chi connectivity index (χ2n) is 4.26. The molecule has 21 heavy (non-hydrogen) atoms. The lowest BCUT2D eigenvalue weighted by Crippen LogP contribution is -2.24. The van der Waals surface area contributed by atoms with Crippen molar-refractivity contribution >= 4 is 16.0 Å². The van der Waals surface area contributed by atoms with Gasteiger partial charge in [0.05, 0.1) is 17.8 Å². The maximum absolute atomic E-state index is 12.0. The summed E-state index contributed by atoms with van der Waals surface area (Å²) >= 11 is 0. The van der Waals surface area contributed by atoms with Gasteiger partial charge in [-0.1, -0.05) is 0 Å². The first-order valence-corrected chi connectivity index (χ1v) is 7.40. The molecule has 112 valence electrons. The Bertz CT molecular complexity index is 745. The van der Waals surface area contributed by atoms with Crippen molar-refractivity contribution in [1.29, 1.82) is 0 Å². The van der Waals surface area contributed by atoms with E-state index in [1.54, 1.807) is 13.8 Å². The number of aromatic nitrogens is 2. The average Bonchev–Trinajstić information content (AvgIpc) is 2.76. The molecule has 2 aromatic heterocycles. The number of oxazole rings is 1. The summed E-state index contributed by atoms with van der Waals surface area (Å²) in [5.74, 6) is -0.311. The maximum atomic E-state index is 12.0. The largest absolute Gasteiger partial charge is 0.478 e. The van der Waals surface area contributed by atoms with Gasteiger partial charge in [-0.3, -0.25) is 0 Å². The normalized spacial score (nSPS) is 11.5. The van der Waals surface area contributed by atoms with Crippen molar-refractivity contribution in [3.05, 3.63) is 41.2 Å². The van der Waals surface area contributed by atoms with Crippen molar-refractivity contribution in [2.75, 3.05) is 0 Å². The molecule has 0 fully saturated rings. The number of carboxylic acid groups (broad SMARTS) is 1. The number of carboxylic acids is 1. The van der Waals surface area contributed by atoms with Crippen LogP contribution in [0.5, 0.6) is 0 Å². The zero-order chi connectivity index (χ0) is 15.6. The molecule has 0 saturated carbocycles. The molecule has 0 atom stereocenters. The van der Waals surface area contributed by atoms with Crippen molar-refractivity contribution in [3.8, 4) is 0 Å². The molecule has 0 bridgehead atoms. The third kappa shape index (κ3) is 3.44. The number of hydrogen-bond donors (Lipinski definition) is 2. The van der Waals surface area contributed by atoms with Crippen LogP contribution in [0.2, 0.25) is 0 Å². The Labute approximate surface area is 120 Å². The fraction of sp³-hybridized carbons (Fsp3) is 0.250. The standard InChI is InChI=1S/C12H13N3O5S/c1-7-8(2)20-10(15-7)6-14-21(18,19)11-4-3-9(5-13-11)12(16)17/h3-5,14H,6H2,1-2H3,(H,16,17). The topological polar surface area (TPSA) is 122 Å². The maximum Gasteiger partial charge on any atom is 0.337 e. The summed E-state index contributed by atoms with van der Waals surface area (Å²) in [6.45, 7) is 3.37. The highest BCUT2D eigenvalue weighted by molar-refractivity contribution is 7.89. The summed E-state index contributed by atoms with van der Waals surface area (Å²) in [6, 6.07) is 2.29. The van der Waals surface area contributed by atoms with Gasteiger partial charge >= 0.3 is 5.97 Å². The SMILES string of the molecule is Cc1nc(CNS(=O)(=O)c2ccc(C(=O)O)cn2)oc1C. The summed E-state index contributed by atoms with van der Waals surface area (Å²) in [6.07, 6.45) is 0.982. The van der Waals surface area contributed by atoms with Crippen LogP contribution in [0.4, 0.5) is 0 Å². The Morgan fingerprint density at radius 3 is 2.57 bits per heavy atom. The third-order valence-electron chi connectivity index (χ3n) is 2.74. The molecule has 0 amide bonds. The number of nitrogens with one attached hydrogen (secondary N) is 1. The van der Waals surface area contributed by atoms with Gasteiger partial charge in [0.25, 0.3) is 10.0 Å². The van der Waals surface area contributed by atoms with E-state index in [4.69, 9.17) is 9.52 Å². The van der Waals surface area contributed by atoms with E-state index in [1.807, 2.05) is 0 Å². The van der Waals surface area contributed by atoms with Crippen molar-refractivity contribution < 1.29 is 22.7 Å². The third-order valence-corrected chi connectivity index (χ3v) is 4.06. The molecule has 0 aromatic carbocycles. The smallest absolute Gasteiger partial charge is 0.337 e. The van der Waals surface area contributed by atoms with E-state index >= 15 is 0 Å². The first-order chi connectivity index (χ1) is 9.79. The predicted octanol–water partition coefficient (Wildman–Crippen LogP) is 0.863. The molecule has 2 aromatic rings. The molecule has 0 aliphatic rings. The lowest BCUT2D eigenvalue weighted by molar-refractivity contribution is 0.0696. The molecule has 2 rings (SSSR count). The molecule has 2 N–H and O–H groups in total. The summed E-state index contributed by atoms with van der Waals surface area (Å²) in [7, 11) is -3.86. The number of carbonyl (C=O) groups is 1. The van der Waals surface area contributed by atoms with Gasteiger partial charge in [-0.05, 0) is 26.0 Å². The fourth-order valence-corrected chi connectivity index (χ4v) is 2.41. The molecule has 8 nitrogen and oxygen atoms in total. The van der Waals surface area contributed by atoms with Crippen LogP contribution in [0.25, 0.3) is 0 Å². The monoisotopic (exact) mass is 311 g/mol. The minimum atomic E-state index is -3.86. The molecule has 0 radical (unpaired) electrons. The number of hydrogen-bond acceptors (Lipinski definition) is 6. The Kier molecular flexibility index (Phi) is 4.05. The number of pyridine rings is 1. The van der Waals surface area contributed by atoms with Gasteiger partial charge in [-0.2, -0.15) is 0 Å². The van der Waals surface area contributed by atoms with Gasteiger partial charge in [0.1, 0.15) is 5.76 Å². The van der Waals surface area contributed by atoms with Crippen LogP contribution in [-0.2, 0) is 16.6 Å². The molecule has 2 heterocycles. The van der Waals surface area contributed by atoms with Gasteiger partial charge in [0, 0.05) is 6.20 Å². The predicted molar refractivity (Wildman–Crippen MR) is 71.2 cm³/mol. The van der Waals surface area contributed by atoms with Gasteiger partial charge in [-0.15, -0.1) is 0 Å². The molecular formula is C12H13N3O5S. The van der Waals surface area contributed by atoms with E-state index in [-0.39, 0.29) is 23.0 Å². The van der Waals surface area contributed by atoms with Gasteiger partial charge in [-0.25, -0.2) is 27.9 Å². The molecular weight excluding hydrogens is 298 g/mol. The highest BCUT2D eigenvalue weighted by atomic mass is 32.2. The summed E-state index contributed by atoms with van der Waals surface area (Å²) in [5, 5.41) is 8.46. The lowest BCUT2D eigenvalue weighted by atomic mass is 10.3. The Hall–Kier alpha value is -2.26. The molecule has 0 aliphatic heterocycles. The Balaban J connectivity index is 2.12. The van der Waals surface area contributed by atoms with Crippen molar-refractivity contribution in [3.63, 3.8) is 0 Å². The van der Waals surface area contributed by atoms with E-state index < -0.39 is 16.0 Å². The quantitative estimate of drug-likeness (QED) is 0.839. The van der Waals surface area contributed by atoms with Crippen LogP contribution in [0, 0.1) is 13.8 Å². The Morgan fingerprint density at radius 1 is 1.38 bits per heavy atom. The van der Waals surface area contributed by atoms with Crippen molar-refractivity contribution in [2.45, 2.75) is 25.4 Å². The number of sulfonamides is 1. The van der Waals surface area contributed by atoms with Crippen molar-refractivity contribution in [1.82, 2.24) is 14.7 Å². The van der Waals surface area contributed by atoms with Crippen LogP contribution in [0.15, 0.2) is 27.8 Å². The second-order valence-corrected chi connectivity index (χ2v) is 5.98. The first kappa shape index (κ1) is 15.1. The molecule has 0 saturated heterocycles. The van der Waals surface area contributed by atoms with E-state index in [9.17, 15) is 13.2 Å². The minimum absolute atomic E-state index is 0.0899. The average molecular weight is 311 g/mol. The summed E-state index contributed by atoms with van der Waals surface area (Å²) in [5.41, 5.74) is 0.598. The van der Waals surface area contributed by atoms with Crippen LogP contribution >= 0.6 is 0 Å². The highest BCUT2D eigenvalue weighted by Crippen LogP contribution is 2.10. The highest BCUT2D eigenvalue weighted by Gasteiger charge is 2.17. The Morgan fingerprint density at radius 2 is 2.10 bits per heavy atom. The number of aryl methyl sites for hydroxylation is 2. The van der Waals surface area contributed by atoms with Crippen LogP contribution < -0.4 is 4.72 Å². The molecule has 0 aliphatic carbocycles. The van der Waals surface area contributed by atoms with Gasteiger partial charge in [0.15, 0.2) is 5.03 Å². The van der Waals surface area contributed by atoms with E-state index in [1.165, 1.54) is 6.07 Å². The number of nitrogens with zero attached hydrogens (tertiary/aromatic N) is 2. The first-order valence-electron chi connectivity index (χ1n) is 5.91. The van der Waals surface area contributed by atoms with Gasteiger partial charge in [0.2, 0.25) is 5.89 Å². The summed E-state index contributed by atoms with van der Waals surface area (Å²) < 4.78 is 31.5. The van der Waals surface area contributed by atoms with Gasteiger partial charge < -0.3 is 9.52 Å². The number of rotatable bonds is 5. The van der Waals surface area contributed by atoms with Crippen LogP contribution in [0.3, 0.4) is 0 Å². The van der Waals surface area contributed by atoms with E-state index in [2.05, 4.69) is 14.7 Å². The minimum Gasteiger partial charge on any atom is -0.478 e. The van der Waals surface area contributed by atoms with Crippen LogP contribution in [-0.4, -0.2) is 29.5 Å². The van der Waals surface area contributed by atoms with Crippen molar-refractivity contribution in [2.24, 2.45) is 0 Å². The fourth-order valence-electron chi connectivity index (χ4n) is 1.51. The molecule has 0 unspecified atom stereocenters. The van der Waals surface area contributed by atoms with E-state index in [0.717, 1.165) is 12.3 Å². The lowest BCUT2D eigenvalue weighted by Gasteiger charge is -2.04. The summed E-state index contributed by atoms with van der Waals surface area (Å²) in [4.78, 5) is 18.4. The second kappa shape index (κ2) is 5.62. The van der Waals surface area contributed by atoms with Crippen LogP contribution in [0.1, 0.15) is 27.7 Å².